The number of aliphatic imine (C=N–C) groups is 1. The van der Waals surface area contributed by atoms with Gasteiger partial charge in [-0.1, -0.05) is 23.7 Å². The van der Waals surface area contributed by atoms with Crippen molar-refractivity contribution in [3.8, 4) is 0 Å². The Kier molecular flexibility index (Phi) is 5.18. The Morgan fingerprint density at radius 2 is 2.27 bits per heavy atom. The third kappa shape index (κ3) is 3.91. The molecule has 2 atom stereocenters. The van der Waals surface area contributed by atoms with Gasteiger partial charge >= 0.3 is 0 Å². The summed E-state index contributed by atoms with van der Waals surface area (Å²) in [7, 11) is 0. The number of nitrogens with one attached hydrogen (secondary N) is 2. The van der Waals surface area contributed by atoms with Crippen LogP contribution in [0.5, 0.6) is 0 Å². The quantitative estimate of drug-likeness (QED) is 0.885. The summed E-state index contributed by atoms with van der Waals surface area (Å²) in [4.78, 5) is 6.92. The molecular formula is C16H23ClN4O. The molecule has 1 fully saturated rings. The molecule has 1 aromatic rings. The zero-order chi connectivity index (χ0) is 15.4. The molecule has 0 aliphatic carbocycles. The van der Waals surface area contributed by atoms with Crippen LogP contribution in [-0.4, -0.2) is 56.3 Å². The van der Waals surface area contributed by atoms with Crippen molar-refractivity contribution in [1.29, 1.82) is 0 Å². The molecule has 5 nitrogen and oxygen atoms in total. The van der Waals surface area contributed by atoms with Crippen LogP contribution in [0.15, 0.2) is 29.3 Å². The van der Waals surface area contributed by atoms with Crippen molar-refractivity contribution in [2.75, 3.05) is 39.4 Å². The molecule has 2 N–H and O–H groups in total. The molecule has 0 radical (unpaired) electrons. The number of halogens is 1. The van der Waals surface area contributed by atoms with Crippen LogP contribution in [0, 0.1) is 0 Å². The van der Waals surface area contributed by atoms with Crippen molar-refractivity contribution in [3.05, 3.63) is 34.9 Å². The topological polar surface area (TPSA) is 48.9 Å². The van der Waals surface area contributed by atoms with E-state index in [0.29, 0.717) is 6.04 Å². The molecule has 2 aliphatic rings. The third-order valence-electron chi connectivity index (χ3n) is 4.09. The minimum Gasteiger partial charge on any atom is -0.379 e. The van der Waals surface area contributed by atoms with E-state index in [2.05, 4.69) is 39.6 Å². The van der Waals surface area contributed by atoms with Crippen molar-refractivity contribution >= 4 is 17.6 Å². The molecule has 6 heteroatoms. The Bertz CT molecular complexity index is 531. The van der Waals surface area contributed by atoms with E-state index in [1.54, 1.807) is 0 Å². The lowest BCUT2D eigenvalue weighted by Gasteiger charge is -2.35. The molecule has 3 rings (SSSR count). The van der Waals surface area contributed by atoms with Gasteiger partial charge in [0.1, 0.15) is 0 Å². The second-order valence-corrected chi connectivity index (χ2v) is 6.27. The maximum atomic E-state index is 6.17. The van der Waals surface area contributed by atoms with Crippen molar-refractivity contribution < 1.29 is 4.74 Å². The molecular weight excluding hydrogens is 300 g/mol. The monoisotopic (exact) mass is 322 g/mol. The van der Waals surface area contributed by atoms with Gasteiger partial charge in [0.2, 0.25) is 0 Å². The zero-order valence-corrected chi connectivity index (χ0v) is 13.6. The van der Waals surface area contributed by atoms with Gasteiger partial charge < -0.3 is 15.4 Å². The predicted molar refractivity (Wildman–Crippen MR) is 89.5 cm³/mol. The Balaban J connectivity index is 1.70. The Morgan fingerprint density at radius 3 is 2.95 bits per heavy atom. The first-order chi connectivity index (χ1) is 10.7. The van der Waals surface area contributed by atoms with Crippen LogP contribution < -0.4 is 10.6 Å². The molecule has 0 amide bonds. The van der Waals surface area contributed by atoms with Gasteiger partial charge in [0.25, 0.3) is 0 Å². The summed E-state index contributed by atoms with van der Waals surface area (Å²) in [5, 5.41) is 7.56. The fraction of sp³-hybridized carbons (Fsp3) is 0.562. The normalized spacial score (nSPS) is 23.7. The Morgan fingerprint density at radius 1 is 1.45 bits per heavy atom. The van der Waals surface area contributed by atoms with Crippen LogP contribution in [-0.2, 0) is 4.74 Å². The largest absolute Gasteiger partial charge is 0.379 e. The summed E-state index contributed by atoms with van der Waals surface area (Å²) in [6.07, 6.45) is 0. The lowest BCUT2D eigenvalue weighted by molar-refractivity contribution is 0.0170. The maximum absolute atomic E-state index is 6.17. The zero-order valence-electron chi connectivity index (χ0n) is 12.9. The number of nitrogens with zero attached hydrogens (tertiary/aromatic N) is 2. The summed E-state index contributed by atoms with van der Waals surface area (Å²) in [6.45, 7) is 7.22. The second kappa shape index (κ2) is 7.31. The highest BCUT2D eigenvalue weighted by molar-refractivity contribution is 6.30. The van der Waals surface area contributed by atoms with E-state index in [1.807, 2.05) is 12.1 Å². The Labute approximate surface area is 136 Å². The van der Waals surface area contributed by atoms with Gasteiger partial charge in [-0.25, -0.2) is 0 Å². The molecule has 2 heterocycles. The molecule has 0 saturated carbocycles. The van der Waals surface area contributed by atoms with Crippen LogP contribution in [0.2, 0.25) is 5.02 Å². The minimum absolute atomic E-state index is 0.267. The SMILES string of the molecule is CC1CN=C(NCC(c2cccc(Cl)c2)N2CCOCC2)N1. The number of hydrogen-bond donors (Lipinski definition) is 2. The molecule has 22 heavy (non-hydrogen) atoms. The second-order valence-electron chi connectivity index (χ2n) is 5.83. The number of guanidine groups is 1. The van der Waals surface area contributed by atoms with Crippen molar-refractivity contribution in [2.24, 2.45) is 4.99 Å². The summed E-state index contributed by atoms with van der Waals surface area (Å²) in [5.41, 5.74) is 1.23. The first kappa shape index (κ1) is 15.6. The first-order valence-corrected chi connectivity index (χ1v) is 8.22. The number of rotatable bonds is 4. The van der Waals surface area contributed by atoms with Crippen molar-refractivity contribution in [2.45, 2.75) is 19.0 Å². The lowest BCUT2D eigenvalue weighted by atomic mass is 10.0. The van der Waals surface area contributed by atoms with Crippen LogP contribution in [0.4, 0.5) is 0 Å². The molecule has 2 aliphatic heterocycles. The number of benzene rings is 1. The fourth-order valence-corrected chi connectivity index (χ4v) is 3.11. The van der Waals surface area contributed by atoms with Crippen LogP contribution in [0.25, 0.3) is 0 Å². The summed E-state index contributed by atoms with van der Waals surface area (Å²) >= 11 is 6.17. The smallest absolute Gasteiger partial charge is 0.191 e. The van der Waals surface area contributed by atoms with E-state index < -0.39 is 0 Å². The van der Waals surface area contributed by atoms with E-state index >= 15 is 0 Å². The summed E-state index contributed by atoms with van der Waals surface area (Å²) < 4.78 is 5.48. The van der Waals surface area contributed by atoms with E-state index in [-0.39, 0.29) is 6.04 Å². The number of ether oxygens (including phenoxy) is 1. The van der Waals surface area contributed by atoms with E-state index in [1.165, 1.54) is 5.56 Å². The van der Waals surface area contributed by atoms with Gasteiger partial charge in [-0.15, -0.1) is 0 Å². The van der Waals surface area contributed by atoms with E-state index in [4.69, 9.17) is 16.3 Å². The first-order valence-electron chi connectivity index (χ1n) is 7.84. The van der Waals surface area contributed by atoms with Gasteiger partial charge in [-0.2, -0.15) is 0 Å². The highest BCUT2D eigenvalue weighted by atomic mass is 35.5. The van der Waals surface area contributed by atoms with Gasteiger partial charge in [-0.3, -0.25) is 9.89 Å². The molecule has 2 unspecified atom stereocenters. The van der Waals surface area contributed by atoms with E-state index in [0.717, 1.165) is 50.4 Å². The van der Waals surface area contributed by atoms with Crippen molar-refractivity contribution in [1.82, 2.24) is 15.5 Å². The van der Waals surface area contributed by atoms with Crippen molar-refractivity contribution in [3.63, 3.8) is 0 Å². The average Bonchev–Trinajstić information content (AvgIpc) is 2.94. The average molecular weight is 323 g/mol. The molecule has 0 spiro atoms. The van der Waals surface area contributed by atoms with Gasteiger partial charge in [0.05, 0.1) is 25.8 Å². The standard InChI is InChI=1S/C16H23ClN4O/c1-12-10-18-16(20-12)19-11-15(21-5-7-22-8-6-21)13-3-2-4-14(17)9-13/h2-4,9,12,15H,5-8,10-11H2,1H3,(H2,18,19,20). The van der Waals surface area contributed by atoms with Gasteiger partial charge in [-0.05, 0) is 24.6 Å². The summed E-state index contributed by atoms with van der Waals surface area (Å²) in [6, 6.07) is 8.80. The predicted octanol–water partition coefficient (Wildman–Crippen LogP) is 1.65. The fourth-order valence-electron chi connectivity index (χ4n) is 2.91. The Hall–Kier alpha value is -1.30. The van der Waals surface area contributed by atoms with Gasteiger partial charge in [0, 0.05) is 30.7 Å². The van der Waals surface area contributed by atoms with Crippen LogP contribution in [0.1, 0.15) is 18.5 Å². The summed E-state index contributed by atoms with van der Waals surface area (Å²) in [5.74, 6) is 0.896. The molecule has 1 saturated heterocycles. The molecule has 0 bridgehead atoms. The third-order valence-corrected chi connectivity index (χ3v) is 4.32. The number of morpholine rings is 1. The lowest BCUT2D eigenvalue weighted by Crippen LogP contribution is -2.46. The van der Waals surface area contributed by atoms with Crippen LogP contribution >= 0.6 is 11.6 Å². The molecule has 120 valence electrons. The minimum atomic E-state index is 0.267. The van der Waals surface area contributed by atoms with Crippen LogP contribution in [0.3, 0.4) is 0 Å². The molecule has 0 aromatic heterocycles. The van der Waals surface area contributed by atoms with E-state index in [9.17, 15) is 0 Å². The van der Waals surface area contributed by atoms with Gasteiger partial charge in [0.15, 0.2) is 5.96 Å². The highest BCUT2D eigenvalue weighted by Crippen LogP contribution is 2.24. The molecule has 1 aromatic carbocycles. The maximum Gasteiger partial charge on any atom is 0.191 e. The highest BCUT2D eigenvalue weighted by Gasteiger charge is 2.24. The number of hydrogen-bond acceptors (Lipinski definition) is 5.